The Hall–Kier alpha value is -1.62. The summed E-state index contributed by atoms with van der Waals surface area (Å²) in [6, 6.07) is 1.59. The van der Waals surface area contributed by atoms with Crippen LogP contribution in [0.3, 0.4) is 0 Å². The molecular weight excluding hydrogens is 232 g/mol. The highest BCUT2D eigenvalue weighted by Gasteiger charge is 2.16. The van der Waals surface area contributed by atoms with Gasteiger partial charge in [-0.3, -0.25) is 0 Å². The van der Waals surface area contributed by atoms with Gasteiger partial charge in [0.15, 0.2) is 5.71 Å². The van der Waals surface area contributed by atoms with Crippen LogP contribution in [0.15, 0.2) is 33.2 Å². The SMILES string of the molecule is CCOC(=O)C(=NN=C(C)Cl)c1ccoc1. The summed E-state index contributed by atoms with van der Waals surface area (Å²) >= 11 is 5.53. The van der Waals surface area contributed by atoms with E-state index in [1.54, 1.807) is 19.9 Å². The average molecular weight is 243 g/mol. The molecule has 16 heavy (non-hydrogen) atoms. The van der Waals surface area contributed by atoms with Crippen LogP contribution in [-0.4, -0.2) is 23.5 Å². The second-order valence-corrected chi connectivity index (χ2v) is 3.33. The van der Waals surface area contributed by atoms with Gasteiger partial charge in [-0.2, -0.15) is 0 Å². The predicted molar refractivity (Wildman–Crippen MR) is 60.8 cm³/mol. The van der Waals surface area contributed by atoms with E-state index >= 15 is 0 Å². The van der Waals surface area contributed by atoms with Gasteiger partial charge in [0.05, 0.1) is 19.1 Å². The average Bonchev–Trinajstić information content (AvgIpc) is 2.71. The first-order valence-electron chi connectivity index (χ1n) is 4.62. The Morgan fingerprint density at radius 3 is 2.81 bits per heavy atom. The minimum atomic E-state index is -0.564. The summed E-state index contributed by atoms with van der Waals surface area (Å²) in [5, 5.41) is 7.56. The number of furan rings is 1. The van der Waals surface area contributed by atoms with Gasteiger partial charge in [-0.1, -0.05) is 11.6 Å². The molecule has 5 nitrogen and oxygen atoms in total. The van der Waals surface area contributed by atoms with Crippen LogP contribution >= 0.6 is 11.6 Å². The first-order valence-corrected chi connectivity index (χ1v) is 5.00. The molecule has 0 radical (unpaired) electrons. The third-order valence-corrected chi connectivity index (χ3v) is 1.63. The molecule has 86 valence electrons. The molecule has 0 N–H and O–H groups in total. The van der Waals surface area contributed by atoms with Crippen molar-refractivity contribution in [2.45, 2.75) is 13.8 Å². The molecule has 1 aromatic rings. The Morgan fingerprint density at radius 2 is 2.31 bits per heavy atom. The highest BCUT2D eigenvalue weighted by Crippen LogP contribution is 2.05. The summed E-state index contributed by atoms with van der Waals surface area (Å²) in [5.74, 6) is -0.564. The van der Waals surface area contributed by atoms with E-state index in [2.05, 4.69) is 10.2 Å². The lowest BCUT2D eigenvalue weighted by Crippen LogP contribution is -2.18. The summed E-state index contributed by atoms with van der Waals surface area (Å²) in [7, 11) is 0. The van der Waals surface area contributed by atoms with Gasteiger partial charge in [-0.15, -0.1) is 10.2 Å². The Balaban J connectivity index is 2.99. The number of nitrogens with zero attached hydrogens (tertiary/aromatic N) is 2. The molecule has 0 bridgehead atoms. The van der Waals surface area contributed by atoms with E-state index < -0.39 is 5.97 Å². The molecule has 0 aliphatic heterocycles. The number of rotatable bonds is 4. The minimum Gasteiger partial charge on any atom is -0.472 e. The van der Waals surface area contributed by atoms with Crippen LogP contribution in [0.2, 0.25) is 0 Å². The van der Waals surface area contributed by atoms with Crippen molar-refractivity contribution in [2.75, 3.05) is 6.61 Å². The van der Waals surface area contributed by atoms with Crippen LogP contribution in [0.25, 0.3) is 0 Å². The molecule has 0 spiro atoms. The van der Waals surface area contributed by atoms with E-state index in [0.29, 0.717) is 5.56 Å². The van der Waals surface area contributed by atoms with Crippen LogP contribution < -0.4 is 0 Å². The summed E-state index contributed by atoms with van der Waals surface area (Å²) in [6.45, 7) is 3.53. The lowest BCUT2D eigenvalue weighted by molar-refractivity contribution is -0.134. The van der Waals surface area contributed by atoms with Gasteiger partial charge in [0.2, 0.25) is 0 Å². The number of halogens is 1. The number of esters is 1. The third kappa shape index (κ3) is 3.51. The van der Waals surface area contributed by atoms with Gasteiger partial charge in [0.25, 0.3) is 0 Å². The zero-order valence-electron chi connectivity index (χ0n) is 8.94. The van der Waals surface area contributed by atoms with Crippen LogP contribution in [0.5, 0.6) is 0 Å². The van der Waals surface area contributed by atoms with Crippen molar-refractivity contribution >= 4 is 28.5 Å². The predicted octanol–water partition coefficient (Wildman–Crippen LogP) is 2.20. The Kier molecular flexibility index (Phi) is 4.72. The van der Waals surface area contributed by atoms with Gasteiger partial charge < -0.3 is 9.15 Å². The number of hydrogen-bond acceptors (Lipinski definition) is 5. The summed E-state index contributed by atoms with van der Waals surface area (Å²) in [5.41, 5.74) is 0.565. The molecule has 0 saturated carbocycles. The number of ether oxygens (including phenoxy) is 1. The summed E-state index contributed by atoms with van der Waals surface area (Å²) in [4.78, 5) is 11.5. The van der Waals surface area contributed by atoms with E-state index in [1.807, 2.05) is 0 Å². The topological polar surface area (TPSA) is 64.2 Å². The molecule has 1 aromatic heterocycles. The van der Waals surface area contributed by atoms with Crippen molar-refractivity contribution in [2.24, 2.45) is 10.2 Å². The lowest BCUT2D eigenvalue weighted by atomic mass is 10.2. The molecule has 0 aliphatic rings. The fraction of sp³-hybridized carbons (Fsp3) is 0.300. The van der Waals surface area contributed by atoms with Crippen molar-refractivity contribution in [3.8, 4) is 0 Å². The molecule has 6 heteroatoms. The fourth-order valence-corrected chi connectivity index (χ4v) is 0.972. The largest absolute Gasteiger partial charge is 0.472 e. The number of hydrogen-bond donors (Lipinski definition) is 0. The van der Waals surface area contributed by atoms with Gasteiger partial charge >= 0.3 is 5.97 Å². The van der Waals surface area contributed by atoms with Gasteiger partial charge in [0, 0.05) is 5.56 Å². The van der Waals surface area contributed by atoms with Crippen LogP contribution in [0.4, 0.5) is 0 Å². The first kappa shape index (κ1) is 12.4. The smallest absolute Gasteiger partial charge is 0.359 e. The van der Waals surface area contributed by atoms with Crippen LogP contribution in [0.1, 0.15) is 19.4 Å². The van der Waals surface area contributed by atoms with Crippen molar-refractivity contribution in [3.05, 3.63) is 24.2 Å². The summed E-state index contributed by atoms with van der Waals surface area (Å²) < 4.78 is 9.70. The molecular formula is C10H11ClN2O3. The molecule has 0 fully saturated rings. The Morgan fingerprint density at radius 1 is 1.56 bits per heavy atom. The van der Waals surface area contributed by atoms with Gasteiger partial charge in [-0.05, 0) is 19.9 Å². The fourth-order valence-electron chi connectivity index (χ4n) is 0.934. The molecule has 0 aromatic carbocycles. The number of carbonyl (C=O) groups is 1. The Labute approximate surface area is 97.8 Å². The second kappa shape index (κ2) is 6.07. The maximum absolute atomic E-state index is 11.5. The summed E-state index contributed by atoms with van der Waals surface area (Å²) in [6.07, 6.45) is 2.82. The van der Waals surface area contributed by atoms with E-state index in [9.17, 15) is 4.79 Å². The van der Waals surface area contributed by atoms with Crippen molar-refractivity contribution in [1.29, 1.82) is 0 Å². The third-order valence-electron chi connectivity index (χ3n) is 1.55. The molecule has 0 aliphatic carbocycles. The maximum Gasteiger partial charge on any atom is 0.359 e. The Bertz CT molecular complexity index is 406. The molecule has 0 unspecified atom stereocenters. The molecule has 1 heterocycles. The zero-order valence-corrected chi connectivity index (χ0v) is 9.69. The highest BCUT2D eigenvalue weighted by atomic mass is 35.5. The first-order chi connectivity index (χ1) is 7.65. The van der Waals surface area contributed by atoms with E-state index in [0.717, 1.165) is 0 Å². The van der Waals surface area contributed by atoms with Crippen molar-refractivity contribution < 1.29 is 13.9 Å². The van der Waals surface area contributed by atoms with Crippen molar-refractivity contribution in [3.63, 3.8) is 0 Å². The molecule has 0 atom stereocenters. The standard InChI is InChI=1S/C10H11ClN2O3/c1-3-16-10(14)9(13-12-7(2)11)8-4-5-15-6-8/h4-6H,3H2,1-2H3. The molecule has 1 rings (SSSR count). The van der Waals surface area contributed by atoms with E-state index in [4.69, 9.17) is 20.8 Å². The van der Waals surface area contributed by atoms with Gasteiger partial charge in [-0.25, -0.2) is 4.79 Å². The maximum atomic E-state index is 11.5. The highest BCUT2D eigenvalue weighted by molar-refractivity contribution is 6.64. The lowest BCUT2D eigenvalue weighted by Gasteiger charge is -2.01. The van der Waals surface area contributed by atoms with Crippen LogP contribution in [0, 0.1) is 0 Å². The monoisotopic (exact) mass is 242 g/mol. The van der Waals surface area contributed by atoms with Crippen LogP contribution in [-0.2, 0) is 9.53 Å². The normalized spacial score (nSPS) is 12.7. The van der Waals surface area contributed by atoms with Gasteiger partial charge in [0.1, 0.15) is 5.17 Å². The second-order valence-electron chi connectivity index (χ2n) is 2.78. The van der Waals surface area contributed by atoms with E-state index in [1.165, 1.54) is 12.5 Å². The zero-order chi connectivity index (χ0) is 12.0. The molecule has 0 saturated heterocycles. The van der Waals surface area contributed by atoms with E-state index in [-0.39, 0.29) is 17.5 Å². The minimum absolute atomic E-state index is 0.0654. The quantitative estimate of drug-likeness (QED) is 0.462. The van der Waals surface area contributed by atoms with Crippen molar-refractivity contribution in [1.82, 2.24) is 0 Å². The molecule has 0 amide bonds. The number of carbonyl (C=O) groups excluding carboxylic acids is 1.